The number of aromatic nitrogens is 4. The van der Waals surface area contributed by atoms with Gasteiger partial charge in [0.05, 0.1) is 24.7 Å². The number of hydrogen-bond donors (Lipinski definition) is 2. The quantitative estimate of drug-likeness (QED) is 0.289. The fraction of sp³-hybridized carbons (Fsp3) is 0.429. The minimum Gasteiger partial charge on any atom is -0.424 e. The van der Waals surface area contributed by atoms with Crippen LogP contribution < -0.4 is 10.3 Å². The van der Waals surface area contributed by atoms with E-state index < -0.39 is 43.0 Å². The van der Waals surface area contributed by atoms with Gasteiger partial charge in [-0.1, -0.05) is 25.1 Å². The van der Waals surface area contributed by atoms with E-state index in [2.05, 4.69) is 31.0 Å². The summed E-state index contributed by atoms with van der Waals surface area (Å²) in [6.07, 6.45) is -2.03. The molecule has 188 valence electrons. The Labute approximate surface area is 208 Å². The van der Waals surface area contributed by atoms with Crippen LogP contribution >= 0.6 is 23.5 Å². The molecule has 6 atom stereocenters. The molecule has 1 aliphatic heterocycles. The second-order valence-electron chi connectivity index (χ2n) is 8.24. The summed E-state index contributed by atoms with van der Waals surface area (Å²) in [6.45, 7) is 2.50. The summed E-state index contributed by atoms with van der Waals surface area (Å²) >= 11 is 2.92. The summed E-state index contributed by atoms with van der Waals surface area (Å²) in [5.41, 5.74) is 6.16. The Hall–Kier alpha value is -2.44. The Morgan fingerprint density at radius 2 is 2.11 bits per heavy atom. The molecular formula is C21H24BrFN5O6P. The number of ether oxygens (including phenoxy) is 1. The molecule has 11 nitrogen and oxygen atoms in total. The molecule has 0 saturated carbocycles. The van der Waals surface area contributed by atoms with Gasteiger partial charge in [0, 0.05) is 5.92 Å². The predicted octanol–water partition coefficient (Wildman–Crippen LogP) is 3.08. The third-order valence-electron chi connectivity index (χ3n) is 5.65. The molecule has 1 fully saturated rings. The fourth-order valence-electron chi connectivity index (χ4n) is 3.58. The number of carbonyl (C=O) groups excluding carboxylic acids is 1. The number of nitrogen functional groups attached to an aromatic ring is 1. The fourth-order valence-corrected chi connectivity index (χ4v) is 6.20. The number of para-hydroxylation sites is 1. The molecule has 4 rings (SSSR count). The second kappa shape index (κ2) is 9.90. The monoisotopic (exact) mass is 571 g/mol. The van der Waals surface area contributed by atoms with Gasteiger partial charge in [0.1, 0.15) is 36.2 Å². The highest BCUT2D eigenvalue weighted by Gasteiger charge is 2.58. The first-order valence-electron chi connectivity index (χ1n) is 10.7. The minimum absolute atomic E-state index is 0.0855. The van der Waals surface area contributed by atoms with Crippen molar-refractivity contribution < 1.29 is 32.6 Å². The number of anilines is 1. The number of fused-ring (bicyclic) bond motifs is 1. The van der Waals surface area contributed by atoms with E-state index in [0.29, 0.717) is 0 Å². The highest BCUT2D eigenvalue weighted by Crippen LogP contribution is 2.53. The summed E-state index contributed by atoms with van der Waals surface area (Å²) in [5.74, 6) is -0.450. The lowest BCUT2D eigenvalue weighted by molar-refractivity contribution is -0.119. The van der Waals surface area contributed by atoms with Crippen molar-refractivity contribution in [2.24, 2.45) is 5.92 Å². The van der Waals surface area contributed by atoms with Gasteiger partial charge in [0.25, 0.3) is 0 Å². The van der Waals surface area contributed by atoms with Gasteiger partial charge >= 0.3 is 7.60 Å². The molecule has 3 aromatic rings. The van der Waals surface area contributed by atoms with Crippen LogP contribution in [0.2, 0.25) is 0 Å². The SMILES string of the molecule is CC(=O)[C@H](C)CP(=O)(OC[C@H]1O[C@@H](c2cnc3c(N)ncnn23)C(F)(Br)[C@H]1O)Oc1ccccc1. The second-order valence-corrected chi connectivity index (χ2v) is 11.5. The predicted molar refractivity (Wildman–Crippen MR) is 127 cm³/mol. The van der Waals surface area contributed by atoms with E-state index in [9.17, 15) is 14.5 Å². The first-order chi connectivity index (χ1) is 16.5. The third-order valence-corrected chi connectivity index (χ3v) is 8.56. The Morgan fingerprint density at radius 1 is 1.40 bits per heavy atom. The molecule has 14 heteroatoms. The van der Waals surface area contributed by atoms with Crippen LogP contribution in [0.3, 0.4) is 0 Å². The van der Waals surface area contributed by atoms with E-state index in [-0.39, 0.29) is 34.9 Å². The van der Waals surface area contributed by atoms with Crippen molar-refractivity contribution in [2.45, 2.75) is 36.7 Å². The van der Waals surface area contributed by atoms with Gasteiger partial charge in [-0.3, -0.25) is 9.32 Å². The highest BCUT2D eigenvalue weighted by molar-refractivity contribution is 9.10. The standard InChI is InChI=1S/C21H24BrFN5O6P/c1-12(13(2)29)10-35(31,34-14-6-4-3-5-7-14)32-9-16-17(30)21(22,23)18(33-16)15-8-25-20-19(24)26-11-27-28(15)20/h3-8,11-12,16-18,30H,9-10H2,1-2H3,(H2,24,26,27)/t12-,16-,17+,18+,21?,35?/m1/s1. The van der Waals surface area contributed by atoms with E-state index in [1.807, 2.05) is 0 Å². The van der Waals surface area contributed by atoms with Crippen molar-refractivity contribution in [2.75, 3.05) is 18.5 Å². The van der Waals surface area contributed by atoms with Crippen molar-refractivity contribution >= 4 is 40.8 Å². The Morgan fingerprint density at radius 3 is 2.80 bits per heavy atom. The number of hydrogen-bond acceptors (Lipinski definition) is 10. The van der Waals surface area contributed by atoms with Crippen LogP contribution in [0.5, 0.6) is 5.75 Å². The summed E-state index contributed by atoms with van der Waals surface area (Å²) in [6, 6.07) is 8.33. The molecule has 35 heavy (non-hydrogen) atoms. The lowest BCUT2D eigenvalue weighted by Crippen LogP contribution is -2.37. The molecule has 0 radical (unpaired) electrons. The zero-order chi connectivity index (χ0) is 25.4. The van der Waals surface area contributed by atoms with Gasteiger partial charge < -0.3 is 20.1 Å². The molecule has 0 bridgehead atoms. The molecule has 2 unspecified atom stereocenters. The van der Waals surface area contributed by atoms with Crippen molar-refractivity contribution in [3.63, 3.8) is 0 Å². The number of aliphatic hydroxyl groups is 1. The number of imidazole rings is 1. The first kappa shape index (κ1) is 25.6. The normalized spacial score (nSPS) is 26.9. The van der Waals surface area contributed by atoms with E-state index in [1.165, 1.54) is 24.0 Å². The lowest BCUT2D eigenvalue weighted by Gasteiger charge is -2.24. The minimum atomic E-state index is -3.90. The number of benzene rings is 1. The molecular weight excluding hydrogens is 548 g/mol. The molecule has 1 aromatic carbocycles. The van der Waals surface area contributed by atoms with Crippen LogP contribution in [-0.4, -0.2) is 60.0 Å². The topological polar surface area (TPSA) is 151 Å². The molecule has 0 spiro atoms. The molecule has 0 aliphatic carbocycles. The molecule has 3 N–H and O–H groups in total. The summed E-state index contributed by atoms with van der Waals surface area (Å²) < 4.78 is 45.0. The molecule has 0 amide bonds. The van der Waals surface area contributed by atoms with Gasteiger partial charge in [-0.2, -0.15) is 5.10 Å². The van der Waals surface area contributed by atoms with Gasteiger partial charge in [-0.15, -0.1) is 0 Å². The number of nitrogens with two attached hydrogens (primary N) is 1. The molecule has 1 aliphatic rings. The summed E-state index contributed by atoms with van der Waals surface area (Å²) in [7, 11) is -3.90. The van der Waals surface area contributed by atoms with Crippen LogP contribution in [0.1, 0.15) is 25.6 Å². The lowest BCUT2D eigenvalue weighted by atomic mass is 10.1. The Balaban J connectivity index is 1.55. The summed E-state index contributed by atoms with van der Waals surface area (Å²) in [4.78, 5) is 19.7. The number of ketones is 1. The maximum atomic E-state index is 15.6. The smallest absolute Gasteiger partial charge is 0.379 e. The average molecular weight is 572 g/mol. The van der Waals surface area contributed by atoms with Crippen LogP contribution in [-0.2, 0) is 18.6 Å². The van der Waals surface area contributed by atoms with Crippen molar-refractivity contribution in [1.29, 1.82) is 0 Å². The first-order valence-corrected chi connectivity index (χ1v) is 13.2. The maximum absolute atomic E-state index is 15.6. The van der Waals surface area contributed by atoms with Crippen LogP contribution in [0.15, 0.2) is 42.9 Å². The zero-order valence-electron chi connectivity index (χ0n) is 18.8. The maximum Gasteiger partial charge on any atom is 0.379 e. The largest absolute Gasteiger partial charge is 0.424 e. The van der Waals surface area contributed by atoms with Gasteiger partial charge in [-0.25, -0.2) is 23.4 Å². The number of aliphatic hydroxyl groups excluding tert-OH is 1. The number of halogens is 2. The van der Waals surface area contributed by atoms with Gasteiger partial charge in [0.2, 0.25) is 4.58 Å². The van der Waals surface area contributed by atoms with Crippen LogP contribution in [0, 0.1) is 5.92 Å². The number of carbonyl (C=O) groups is 1. The molecule has 2 aromatic heterocycles. The Kier molecular flexibility index (Phi) is 7.26. The van der Waals surface area contributed by atoms with E-state index in [1.54, 1.807) is 37.3 Å². The molecule has 3 heterocycles. The molecule has 1 saturated heterocycles. The number of Topliss-reactive ketones (excluding diaryl/α,β-unsaturated/α-hetero) is 1. The van der Waals surface area contributed by atoms with Crippen molar-refractivity contribution in [3.05, 3.63) is 48.5 Å². The summed E-state index contributed by atoms with van der Waals surface area (Å²) in [5, 5.41) is 14.7. The van der Waals surface area contributed by atoms with Gasteiger partial charge in [-0.05, 0) is 35.0 Å². The van der Waals surface area contributed by atoms with E-state index in [4.69, 9.17) is 19.5 Å². The highest BCUT2D eigenvalue weighted by atomic mass is 79.9. The average Bonchev–Trinajstić information content (AvgIpc) is 3.32. The third kappa shape index (κ3) is 5.24. The number of alkyl halides is 2. The number of nitrogens with zero attached hydrogens (tertiary/aromatic N) is 4. The van der Waals surface area contributed by atoms with Crippen molar-refractivity contribution in [3.8, 4) is 5.75 Å². The van der Waals surface area contributed by atoms with E-state index >= 15 is 4.39 Å². The van der Waals surface area contributed by atoms with Crippen LogP contribution in [0.4, 0.5) is 10.2 Å². The van der Waals surface area contributed by atoms with Gasteiger partial charge in [0.15, 0.2) is 11.5 Å². The van der Waals surface area contributed by atoms with Crippen molar-refractivity contribution in [1.82, 2.24) is 19.6 Å². The Bertz CT molecular complexity index is 1260. The number of rotatable bonds is 9. The zero-order valence-corrected chi connectivity index (χ0v) is 21.3. The van der Waals surface area contributed by atoms with E-state index in [0.717, 1.165) is 0 Å². The van der Waals surface area contributed by atoms with Crippen LogP contribution in [0.25, 0.3) is 5.65 Å².